The molecule has 51 heavy (non-hydrogen) atoms. The molecule has 2 aliphatic rings. The van der Waals surface area contributed by atoms with Crippen LogP contribution in [0.4, 0.5) is 0 Å². The highest BCUT2D eigenvalue weighted by molar-refractivity contribution is 7.22. The van der Waals surface area contributed by atoms with E-state index in [0.717, 1.165) is 63.9 Å². The summed E-state index contributed by atoms with van der Waals surface area (Å²) in [5.41, 5.74) is 5.12. The summed E-state index contributed by atoms with van der Waals surface area (Å²) >= 11 is 1.88. The summed E-state index contributed by atoms with van der Waals surface area (Å²) in [5.74, 6) is -5.38. The summed E-state index contributed by atoms with van der Waals surface area (Å²) in [6.07, 6.45) is 3.50. The van der Waals surface area contributed by atoms with E-state index in [0.29, 0.717) is 0 Å². The van der Waals surface area contributed by atoms with Gasteiger partial charge in [-0.1, -0.05) is 30.3 Å². The third kappa shape index (κ3) is 11.8. The Morgan fingerprint density at radius 2 is 1.41 bits per heavy atom. The summed E-state index contributed by atoms with van der Waals surface area (Å²) in [7, 11) is 1.78. The van der Waals surface area contributed by atoms with Crippen LogP contribution in [0.2, 0.25) is 0 Å². The molecule has 4 N–H and O–H groups in total. The number of nitrogens with zero attached hydrogens (tertiary/aromatic N) is 2. The molecule has 272 valence electrons. The van der Waals surface area contributed by atoms with Crippen LogP contribution >= 0.6 is 11.3 Å². The summed E-state index contributed by atoms with van der Waals surface area (Å²) in [5, 5.41) is 30.9. The van der Waals surface area contributed by atoms with Crippen LogP contribution < -0.4 is 9.47 Å². The number of hydrogen-bond acceptors (Lipinski definition) is 10. The number of likely N-dealkylation sites (tertiary alicyclic amines) is 1. The Morgan fingerprint density at radius 1 is 0.784 bits per heavy atom. The number of rotatable bonds is 10. The Kier molecular flexibility index (Phi) is 14.7. The Bertz CT molecular complexity index is 1730. The number of fused-ring (bicyclic) bond motifs is 1. The van der Waals surface area contributed by atoms with E-state index in [-0.39, 0.29) is 0 Å². The third-order valence-corrected chi connectivity index (χ3v) is 9.55. The highest BCUT2D eigenvalue weighted by atomic mass is 32.1. The maximum absolute atomic E-state index is 9.10. The van der Waals surface area contributed by atoms with Gasteiger partial charge in [-0.2, -0.15) is 0 Å². The lowest BCUT2D eigenvalue weighted by atomic mass is 9.97. The van der Waals surface area contributed by atoms with Gasteiger partial charge in [-0.15, -0.1) is 11.3 Å². The van der Waals surface area contributed by atoms with E-state index in [1.165, 1.54) is 63.1 Å². The van der Waals surface area contributed by atoms with Crippen molar-refractivity contribution in [3.63, 3.8) is 0 Å². The minimum atomic E-state index is -1.82. The Labute approximate surface area is 299 Å². The third-order valence-electron chi connectivity index (χ3n) is 8.29. The maximum Gasteiger partial charge on any atom is 0.414 e. The zero-order chi connectivity index (χ0) is 36.8. The molecule has 0 unspecified atom stereocenters. The normalized spacial score (nSPS) is 14.5. The van der Waals surface area contributed by atoms with Gasteiger partial charge in [0.15, 0.2) is 0 Å². The topological polar surface area (TPSA) is 183 Å². The summed E-state index contributed by atoms with van der Waals surface area (Å²) in [4.78, 5) is 42.7. The van der Waals surface area contributed by atoms with Gasteiger partial charge < -0.3 is 34.6 Å². The first-order valence-electron chi connectivity index (χ1n) is 16.4. The Hall–Kier alpha value is -5.02. The molecule has 0 atom stereocenters. The van der Waals surface area contributed by atoms with E-state index in [1.54, 1.807) is 7.11 Å². The van der Waals surface area contributed by atoms with Crippen LogP contribution in [-0.4, -0.2) is 114 Å². The predicted molar refractivity (Wildman–Crippen MR) is 191 cm³/mol. The second-order valence-electron chi connectivity index (χ2n) is 11.8. The lowest BCUT2D eigenvalue weighted by Crippen LogP contribution is -2.35. The van der Waals surface area contributed by atoms with Crippen LogP contribution in [-0.2, 0) is 36.9 Å². The molecule has 0 aliphatic carbocycles. The molecule has 2 saturated heterocycles. The van der Waals surface area contributed by atoms with Crippen molar-refractivity contribution in [3.8, 4) is 21.9 Å². The standard InChI is InChI=1S/C33H38N2O3S.2C2H2O4/c1-36-31-23-25(8-9-27(31)24-35-16-19-37-20-17-35)22-30-29-6-2-3-7-32(29)39-33(30)26-10-12-28(13-11-26)38-21-18-34-14-4-5-15-34;2*3-1(4)2(5)6/h2-3,6-13,23H,4-5,14-22,24H2,1H3;2*(H,3,4)(H,5,6). The minimum Gasteiger partial charge on any atom is -0.496 e. The molecule has 0 spiro atoms. The van der Waals surface area contributed by atoms with Crippen LogP contribution in [0.3, 0.4) is 0 Å². The van der Waals surface area contributed by atoms with Gasteiger partial charge in [0, 0.05) is 41.3 Å². The van der Waals surface area contributed by atoms with Crippen LogP contribution in [0.15, 0.2) is 66.7 Å². The van der Waals surface area contributed by atoms with Crippen LogP contribution in [0, 0.1) is 0 Å². The fraction of sp³-hybridized carbons (Fsp3) is 0.351. The summed E-state index contributed by atoms with van der Waals surface area (Å²) in [6, 6.07) is 24.2. The number of benzene rings is 3. The number of morpholine rings is 1. The molecule has 13 nitrogen and oxygen atoms in total. The first kappa shape index (κ1) is 38.8. The van der Waals surface area contributed by atoms with E-state index in [4.69, 9.17) is 53.8 Å². The molecule has 2 aliphatic heterocycles. The molecule has 3 aromatic carbocycles. The molecule has 3 heterocycles. The zero-order valence-electron chi connectivity index (χ0n) is 28.3. The van der Waals surface area contributed by atoms with E-state index < -0.39 is 23.9 Å². The molecule has 0 saturated carbocycles. The number of carbonyl (C=O) groups is 4. The summed E-state index contributed by atoms with van der Waals surface area (Å²) in [6.45, 7) is 8.62. The van der Waals surface area contributed by atoms with Gasteiger partial charge in [-0.05, 0) is 90.8 Å². The number of aliphatic carboxylic acids is 4. The lowest BCUT2D eigenvalue weighted by Gasteiger charge is -2.27. The van der Waals surface area contributed by atoms with Crippen molar-refractivity contribution in [1.82, 2.24) is 9.80 Å². The number of methoxy groups -OCH3 is 1. The SMILES string of the molecule is COc1cc(Cc2c(-c3ccc(OCCN4CCCC4)cc3)sc3ccccc23)ccc1CN1CCOCC1.O=C(O)C(=O)O.O=C(O)C(=O)O. The smallest absolute Gasteiger partial charge is 0.414 e. The van der Waals surface area contributed by atoms with Gasteiger partial charge in [0.1, 0.15) is 18.1 Å². The van der Waals surface area contributed by atoms with E-state index in [9.17, 15) is 0 Å². The van der Waals surface area contributed by atoms with Gasteiger partial charge >= 0.3 is 23.9 Å². The van der Waals surface area contributed by atoms with Gasteiger partial charge in [-0.25, -0.2) is 19.2 Å². The maximum atomic E-state index is 9.10. The van der Waals surface area contributed by atoms with Gasteiger partial charge in [-0.3, -0.25) is 9.80 Å². The first-order chi connectivity index (χ1) is 24.5. The molecular formula is C37H42N2O11S. The van der Waals surface area contributed by atoms with Crippen molar-refractivity contribution in [3.05, 3.63) is 83.4 Å². The second-order valence-corrected chi connectivity index (χ2v) is 12.8. The molecule has 2 fully saturated rings. The lowest BCUT2D eigenvalue weighted by molar-refractivity contribution is -0.159. The van der Waals surface area contributed by atoms with Crippen molar-refractivity contribution in [2.75, 3.05) is 59.7 Å². The fourth-order valence-corrected chi connectivity index (χ4v) is 6.97. The van der Waals surface area contributed by atoms with Crippen LogP contribution in [0.25, 0.3) is 20.5 Å². The highest BCUT2D eigenvalue weighted by Gasteiger charge is 2.18. The quantitative estimate of drug-likeness (QED) is 0.164. The second kappa shape index (κ2) is 19.4. The van der Waals surface area contributed by atoms with E-state index >= 15 is 0 Å². The molecule has 1 aromatic heterocycles. The van der Waals surface area contributed by atoms with Crippen molar-refractivity contribution in [2.45, 2.75) is 25.8 Å². The van der Waals surface area contributed by atoms with Crippen LogP contribution in [0.1, 0.15) is 29.5 Å². The largest absolute Gasteiger partial charge is 0.496 e. The summed E-state index contributed by atoms with van der Waals surface area (Å²) < 4.78 is 18.8. The molecular weight excluding hydrogens is 680 g/mol. The van der Waals surface area contributed by atoms with Gasteiger partial charge in [0.25, 0.3) is 0 Å². The molecule has 0 radical (unpaired) electrons. The number of thiophene rings is 1. The number of hydrogen-bond donors (Lipinski definition) is 4. The number of carboxylic acids is 4. The van der Waals surface area contributed by atoms with Gasteiger partial charge in [0.05, 0.1) is 20.3 Å². The molecule has 0 bridgehead atoms. The van der Waals surface area contributed by atoms with Crippen LogP contribution in [0.5, 0.6) is 11.5 Å². The molecule has 14 heteroatoms. The van der Waals surface area contributed by atoms with Gasteiger partial charge in [0.2, 0.25) is 0 Å². The number of carboxylic acid groups (broad SMARTS) is 4. The van der Waals surface area contributed by atoms with Crippen molar-refractivity contribution in [2.24, 2.45) is 0 Å². The minimum absolute atomic E-state index is 0.747. The Balaban J connectivity index is 0.000000420. The Morgan fingerprint density at radius 3 is 2.02 bits per heavy atom. The highest BCUT2D eigenvalue weighted by Crippen LogP contribution is 2.40. The number of ether oxygens (including phenoxy) is 3. The molecule has 4 aromatic rings. The predicted octanol–water partition coefficient (Wildman–Crippen LogP) is 4.79. The first-order valence-corrected chi connectivity index (χ1v) is 17.2. The fourth-order valence-electron chi connectivity index (χ4n) is 5.74. The van der Waals surface area contributed by atoms with Crippen molar-refractivity contribution in [1.29, 1.82) is 0 Å². The van der Waals surface area contributed by atoms with Crippen molar-refractivity contribution < 1.29 is 53.8 Å². The average molecular weight is 723 g/mol. The van der Waals surface area contributed by atoms with E-state index in [1.807, 2.05) is 11.3 Å². The monoisotopic (exact) mass is 722 g/mol. The van der Waals surface area contributed by atoms with Crippen molar-refractivity contribution >= 4 is 45.3 Å². The van der Waals surface area contributed by atoms with E-state index in [2.05, 4.69) is 76.5 Å². The molecule has 6 rings (SSSR count). The zero-order valence-corrected chi connectivity index (χ0v) is 29.1. The average Bonchev–Trinajstić information content (AvgIpc) is 3.78. The molecule has 0 amide bonds.